The normalized spacial score (nSPS) is 16.0. The quantitative estimate of drug-likeness (QED) is 0.448. The van der Waals surface area contributed by atoms with E-state index < -0.39 is 0 Å². The molecule has 1 unspecified atom stereocenters. The Hall–Kier alpha value is -1.68. The molecule has 1 aromatic rings. The van der Waals surface area contributed by atoms with Crippen molar-refractivity contribution >= 4 is 18.7 Å². The average molecular weight is 325 g/mol. The van der Waals surface area contributed by atoms with E-state index in [0.717, 1.165) is 31.2 Å². The third kappa shape index (κ3) is 5.45. The van der Waals surface area contributed by atoms with Crippen LogP contribution in [-0.4, -0.2) is 30.5 Å². The maximum atomic E-state index is 12.4. The van der Waals surface area contributed by atoms with Gasteiger partial charge in [0.25, 0.3) is 0 Å². The van der Waals surface area contributed by atoms with Crippen LogP contribution < -0.4 is 0 Å². The molecule has 1 aliphatic carbocycles. The maximum Gasteiger partial charge on any atom is 0.350 e. The Morgan fingerprint density at radius 2 is 2.08 bits per heavy atom. The SMILES string of the molecule is CCc1ccc(C=NB(C)C(=O)CC(CO)C2=CCCCC2)cc1. The lowest BCUT2D eigenvalue weighted by Gasteiger charge is -2.21. The summed E-state index contributed by atoms with van der Waals surface area (Å²) in [6.45, 7) is 3.65. The number of hydrogen-bond acceptors (Lipinski definition) is 3. The molecule has 1 aliphatic rings. The molecule has 4 heteroatoms. The van der Waals surface area contributed by atoms with Crippen LogP contribution in [0.2, 0.25) is 6.82 Å². The molecule has 128 valence electrons. The van der Waals surface area contributed by atoms with Gasteiger partial charge in [-0.3, -0.25) is 0 Å². The summed E-state index contributed by atoms with van der Waals surface area (Å²) < 4.78 is 0. The van der Waals surface area contributed by atoms with Crippen LogP contribution >= 0.6 is 0 Å². The van der Waals surface area contributed by atoms with Crippen molar-refractivity contribution in [1.29, 1.82) is 0 Å². The number of rotatable bonds is 8. The zero-order chi connectivity index (χ0) is 17.4. The second-order valence-corrected chi connectivity index (χ2v) is 6.62. The third-order valence-corrected chi connectivity index (χ3v) is 4.82. The lowest BCUT2D eigenvalue weighted by Crippen LogP contribution is -2.25. The number of aliphatic hydroxyl groups is 1. The number of aryl methyl sites for hydroxylation is 1. The van der Waals surface area contributed by atoms with Crippen molar-refractivity contribution < 1.29 is 9.90 Å². The minimum atomic E-state index is -0.367. The fourth-order valence-electron chi connectivity index (χ4n) is 3.08. The summed E-state index contributed by atoms with van der Waals surface area (Å²) in [7, 11) is 0. The van der Waals surface area contributed by atoms with E-state index in [0.29, 0.717) is 6.42 Å². The van der Waals surface area contributed by atoms with Crippen LogP contribution in [0.1, 0.15) is 50.2 Å². The van der Waals surface area contributed by atoms with E-state index >= 15 is 0 Å². The maximum absolute atomic E-state index is 12.4. The Kier molecular flexibility index (Phi) is 7.45. The number of carbonyl (C=O) groups is 1. The van der Waals surface area contributed by atoms with Crippen LogP contribution in [0.25, 0.3) is 0 Å². The predicted molar refractivity (Wildman–Crippen MR) is 102 cm³/mol. The standard InChI is InChI=1S/C20H28BNO2/c1-3-16-9-11-17(12-10-16)14-22-21(2)20(24)13-19(15-23)18-7-5-4-6-8-18/h7,9-12,14,19,23H,3-6,8,13,15H2,1-2H3. The fourth-order valence-corrected chi connectivity index (χ4v) is 3.08. The molecule has 0 amide bonds. The lowest BCUT2D eigenvalue weighted by atomic mass is 9.59. The molecular formula is C20H28BNO2. The predicted octanol–water partition coefficient (Wildman–Crippen LogP) is 3.90. The molecule has 1 aromatic carbocycles. The summed E-state index contributed by atoms with van der Waals surface area (Å²) in [5, 5.41) is 9.63. The van der Waals surface area contributed by atoms with Crippen molar-refractivity contribution in [2.75, 3.05) is 6.61 Å². The molecule has 0 aliphatic heterocycles. The second kappa shape index (κ2) is 9.58. The average Bonchev–Trinajstić information content (AvgIpc) is 2.65. The minimum Gasteiger partial charge on any atom is -0.396 e. The molecular weight excluding hydrogens is 297 g/mol. The van der Waals surface area contributed by atoms with E-state index in [9.17, 15) is 9.90 Å². The number of aliphatic hydroxyl groups excluding tert-OH is 1. The van der Waals surface area contributed by atoms with Crippen LogP contribution in [0, 0.1) is 5.92 Å². The molecule has 0 saturated carbocycles. The molecule has 0 spiro atoms. The van der Waals surface area contributed by atoms with Gasteiger partial charge in [0.15, 0.2) is 0 Å². The van der Waals surface area contributed by atoms with Gasteiger partial charge in [-0.25, -0.2) is 0 Å². The van der Waals surface area contributed by atoms with Crippen LogP contribution in [0.4, 0.5) is 0 Å². The van der Waals surface area contributed by atoms with Gasteiger partial charge >= 0.3 is 6.85 Å². The molecule has 2 rings (SSSR count). The number of hydrogen-bond donors (Lipinski definition) is 1. The van der Waals surface area contributed by atoms with Gasteiger partial charge in [0.2, 0.25) is 0 Å². The van der Waals surface area contributed by atoms with E-state index in [-0.39, 0.29) is 25.1 Å². The Morgan fingerprint density at radius 1 is 1.33 bits per heavy atom. The van der Waals surface area contributed by atoms with Crippen LogP contribution in [0.15, 0.2) is 40.8 Å². The Morgan fingerprint density at radius 3 is 2.67 bits per heavy atom. The van der Waals surface area contributed by atoms with Crippen molar-refractivity contribution in [3.63, 3.8) is 0 Å². The van der Waals surface area contributed by atoms with E-state index in [1.165, 1.54) is 17.6 Å². The summed E-state index contributed by atoms with van der Waals surface area (Å²) in [4.78, 5) is 16.8. The topological polar surface area (TPSA) is 49.7 Å². The lowest BCUT2D eigenvalue weighted by molar-refractivity contribution is -0.113. The van der Waals surface area contributed by atoms with Crippen molar-refractivity contribution in [2.45, 2.75) is 52.3 Å². The van der Waals surface area contributed by atoms with Gasteiger partial charge in [-0.1, -0.05) is 49.7 Å². The molecule has 0 fully saturated rings. The molecule has 24 heavy (non-hydrogen) atoms. The van der Waals surface area contributed by atoms with Gasteiger partial charge in [-0.05, 0) is 43.2 Å². The smallest absolute Gasteiger partial charge is 0.350 e. The highest BCUT2D eigenvalue weighted by Gasteiger charge is 2.24. The fraction of sp³-hybridized carbons (Fsp3) is 0.500. The molecule has 3 nitrogen and oxygen atoms in total. The number of nitrogens with zero attached hydrogens (tertiary/aromatic N) is 1. The van der Waals surface area contributed by atoms with Gasteiger partial charge < -0.3 is 14.8 Å². The highest BCUT2D eigenvalue weighted by molar-refractivity contribution is 6.88. The van der Waals surface area contributed by atoms with Gasteiger partial charge in [0.05, 0.1) is 0 Å². The number of allylic oxidation sites excluding steroid dienone is 1. The van der Waals surface area contributed by atoms with E-state index in [1.807, 2.05) is 19.0 Å². The molecule has 0 aromatic heterocycles. The van der Waals surface area contributed by atoms with Gasteiger partial charge in [0.1, 0.15) is 5.68 Å². The molecule has 0 saturated heterocycles. The highest BCUT2D eigenvalue weighted by atomic mass is 16.3. The zero-order valence-electron chi connectivity index (χ0n) is 14.9. The molecule has 0 radical (unpaired) electrons. The second-order valence-electron chi connectivity index (χ2n) is 6.62. The number of carbonyl (C=O) groups excluding carboxylic acids is 1. The zero-order valence-corrected chi connectivity index (χ0v) is 14.9. The minimum absolute atomic E-state index is 0.0284. The van der Waals surface area contributed by atoms with Crippen LogP contribution in [0.5, 0.6) is 0 Å². The first-order valence-electron chi connectivity index (χ1n) is 9.08. The Labute approximate surface area is 146 Å². The summed E-state index contributed by atoms with van der Waals surface area (Å²) in [5.41, 5.74) is 3.66. The van der Waals surface area contributed by atoms with Gasteiger partial charge in [-0.15, -0.1) is 0 Å². The largest absolute Gasteiger partial charge is 0.396 e. The van der Waals surface area contributed by atoms with Crippen molar-refractivity contribution in [3.8, 4) is 0 Å². The Bertz CT molecular complexity index is 592. The van der Waals surface area contributed by atoms with Gasteiger partial charge in [0, 0.05) is 25.2 Å². The molecule has 0 heterocycles. The molecule has 0 bridgehead atoms. The first-order valence-corrected chi connectivity index (χ1v) is 9.08. The molecule has 1 N–H and O–H groups in total. The summed E-state index contributed by atoms with van der Waals surface area (Å²) >= 11 is 0. The van der Waals surface area contributed by atoms with E-state index in [1.54, 1.807) is 6.21 Å². The summed E-state index contributed by atoms with van der Waals surface area (Å²) in [6.07, 6.45) is 9.85. The van der Waals surface area contributed by atoms with Crippen LogP contribution in [0.3, 0.4) is 0 Å². The molecule has 1 atom stereocenters. The van der Waals surface area contributed by atoms with Crippen LogP contribution in [-0.2, 0) is 11.2 Å². The first kappa shape index (κ1) is 18.7. The summed E-state index contributed by atoms with van der Waals surface area (Å²) in [6, 6.07) is 8.24. The monoisotopic (exact) mass is 325 g/mol. The van der Waals surface area contributed by atoms with E-state index in [4.69, 9.17) is 0 Å². The third-order valence-electron chi connectivity index (χ3n) is 4.82. The first-order chi connectivity index (χ1) is 11.6. The summed E-state index contributed by atoms with van der Waals surface area (Å²) in [5.74, 6) is -0.0284. The highest BCUT2D eigenvalue weighted by Crippen LogP contribution is 2.26. The van der Waals surface area contributed by atoms with Gasteiger partial charge in [-0.2, -0.15) is 0 Å². The number of benzene rings is 1. The van der Waals surface area contributed by atoms with Crippen molar-refractivity contribution in [1.82, 2.24) is 0 Å². The Balaban J connectivity index is 1.92. The van der Waals surface area contributed by atoms with Crippen molar-refractivity contribution in [3.05, 3.63) is 47.0 Å². The van der Waals surface area contributed by atoms with E-state index in [2.05, 4.69) is 30.0 Å². The van der Waals surface area contributed by atoms with Crippen molar-refractivity contribution in [2.24, 2.45) is 10.8 Å².